The van der Waals surface area contributed by atoms with Crippen LogP contribution in [0.15, 0.2) is 96.3 Å². The molecule has 0 amide bonds. The lowest BCUT2D eigenvalue weighted by Gasteiger charge is -2.34. The van der Waals surface area contributed by atoms with E-state index in [0.717, 1.165) is 49.4 Å². The Balaban J connectivity index is 0.926. The fourth-order valence-corrected chi connectivity index (χ4v) is 6.72. The van der Waals surface area contributed by atoms with Crippen LogP contribution >= 0.6 is 0 Å². The number of benzene rings is 3. The third-order valence-corrected chi connectivity index (χ3v) is 9.67. The Kier molecular flexibility index (Phi) is 9.49. The van der Waals surface area contributed by atoms with Gasteiger partial charge in [0.2, 0.25) is 5.79 Å². The summed E-state index contributed by atoms with van der Waals surface area (Å²) in [5, 5.41) is 12.9. The lowest BCUT2D eigenvalue weighted by molar-refractivity contribution is -0.193. The van der Waals surface area contributed by atoms with E-state index in [9.17, 15) is 4.79 Å². The van der Waals surface area contributed by atoms with E-state index in [1.54, 1.807) is 39.9 Å². The van der Waals surface area contributed by atoms with Crippen molar-refractivity contribution >= 4 is 5.69 Å². The van der Waals surface area contributed by atoms with Gasteiger partial charge in [-0.25, -0.2) is 14.0 Å². The van der Waals surface area contributed by atoms with Gasteiger partial charge in [-0.3, -0.25) is 0 Å². The molecule has 3 atom stereocenters. The number of hydrogen-bond acceptors (Lipinski definition) is 9. The highest BCUT2D eigenvalue weighted by molar-refractivity contribution is 5.51. The van der Waals surface area contributed by atoms with Crippen LogP contribution in [0.1, 0.15) is 56.2 Å². The molecule has 4 heterocycles. The summed E-state index contributed by atoms with van der Waals surface area (Å²) in [7, 11) is 1.64. The maximum atomic E-state index is 12.8. The fourth-order valence-electron chi connectivity index (χ4n) is 6.72. The van der Waals surface area contributed by atoms with Crippen LogP contribution < -0.4 is 20.1 Å². The van der Waals surface area contributed by atoms with Gasteiger partial charge >= 0.3 is 5.69 Å². The second-order valence-electron chi connectivity index (χ2n) is 12.7. The van der Waals surface area contributed by atoms with E-state index in [4.69, 9.17) is 18.9 Å². The highest BCUT2D eigenvalue weighted by Gasteiger charge is 2.46. The molecule has 12 heteroatoms. The average molecular weight is 666 g/mol. The first-order valence-corrected chi connectivity index (χ1v) is 17.0. The molecule has 2 aliphatic heterocycles. The monoisotopic (exact) mass is 665 g/mol. The number of aromatic nitrogens is 6. The Morgan fingerprint density at radius 3 is 2.37 bits per heavy atom. The number of rotatable bonds is 12. The standard InChI is InChI=1S/C37H43N7O5/c1-4-27(2)44-36(45)42(26-40-44)31-13-11-30(12-14-31)41-21-17-29(18-22-41)28-9-15-32(16-10-28)47-23-33-24-48-37(49-33,25-43-38-19-20-39-43)34-7-5-6-8-35(34)46-3/h5-16,19-20,26-27,29,33H,4,17-18,21-25H2,1-3H3. The third kappa shape index (κ3) is 6.83. The number of nitrogens with zero attached hydrogens (tertiary/aromatic N) is 7. The zero-order valence-electron chi connectivity index (χ0n) is 28.2. The molecule has 3 aromatic carbocycles. The van der Waals surface area contributed by atoms with E-state index in [2.05, 4.69) is 51.4 Å². The topological polar surface area (TPSA) is 111 Å². The molecule has 0 N–H and O–H groups in total. The van der Waals surface area contributed by atoms with E-state index < -0.39 is 5.79 Å². The molecule has 2 fully saturated rings. The second kappa shape index (κ2) is 14.3. The second-order valence-corrected chi connectivity index (χ2v) is 12.7. The van der Waals surface area contributed by atoms with Crippen molar-refractivity contribution in [3.05, 3.63) is 113 Å². The SMILES string of the molecule is CCC(C)n1ncn(-c2ccc(N3CCC(c4ccc(OCC5COC(Cn6nccn6)(c6ccccc6OC)O5)cc4)CC3)cc2)c1=O. The van der Waals surface area contributed by atoms with Gasteiger partial charge in [0.1, 0.15) is 37.1 Å². The van der Waals surface area contributed by atoms with Gasteiger partial charge in [-0.2, -0.15) is 20.1 Å². The van der Waals surface area contributed by atoms with Crippen LogP contribution in [-0.2, 0) is 21.8 Å². The Bertz CT molecular complexity index is 1860. The van der Waals surface area contributed by atoms with E-state index >= 15 is 0 Å². The van der Waals surface area contributed by atoms with Gasteiger partial charge in [0.05, 0.1) is 43.4 Å². The molecule has 5 aromatic rings. The van der Waals surface area contributed by atoms with Crippen LogP contribution in [0, 0.1) is 0 Å². The zero-order valence-corrected chi connectivity index (χ0v) is 28.2. The summed E-state index contributed by atoms with van der Waals surface area (Å²) >= 11 is 0. The van der Waals surface area contributed by atoms with Gasteiger partial charge in [-0.1, -0.05) is 31.2 Å². The first kappa shape index (κ1) is 32.6. The molecule has 12 nitrogen and oxygen atoms in total. The Hall–Kier alpha value is -4.94. The van der Waals surface area contributed by atoms with Crippen LogP contribution in [-0.4, -0.2) is 68.9 Å². The van der Waals surface area contributed by atoms with Crippen LogP contribution in [0.2, 0.25) is 0 Å². The molecule has 256 valence electrons. The molecular formula is C37H43N7O5. The van der Waals surface area contributed by atoms with Gasteiger partial charge < -0.3 is 23.8 Å². The highest BCUT2D eigenvalue weighted by atomic mass is 16.8. The third-order valence-electron chi connectivity index (χ3n) is 9.67. The normalized spacial score (nSPS) is 20.4. The quantitative estimate of drug-likeness (QED) is 0.175. The molecule has 2 aliphatic rings. The molecule has 49 heavy (non-hydrogen) atoms. The van der Waals surface area contributed by atoms with Gasteiger partial charge in [0.25, 0.3) is 0 Å². The summed E-state index contributed by atoms with van der Waals surface area (Å²) in [6.45, 7) is 6.98. The Morgan fingerprint density at radius 1 is 0.939 bits per heavy atom. The van der Waals surface area contributed by atoms with Crippen LogP contribution in [0.25, 0.3) is 5.69 Å². The molecule has 0 aliphatic carbocycles. The molecule has 7 rings (SSSR count). The summed E-state index contributed by atoms with van der Waals surface area (Å²) < 4.78 is 27.8. The summed E-state index contributed by atoms with van der Waals surface area (Å²) in [6, 6.07) is 24.4. The summed E-state index contributed by atoms with van der Waals surface area (Å²) in [5.74, 6) is 0.854. The number of ether oxygens (including phenoxy) is 4. The van der Waals surface area contributed by atoms with Crippen LogP contribution in [0.3, 0.4) is 0 Å². The maximum absolute atomic E-state index is 12.8. The van der Waals surface area contributed by atoms with Crippen molar-refractivity contribution in [2.24, 2.45) is 0 Å². The smallest absolute Gasteiger partial charge is 0.350 e. The Labute approximate surface area is 285 Å². The lowest BCUT2D eigenvalue weighted by atomic mass is 9.89. The van der Waals surface area contributed by atoms with Gasteiger partial charge in [0.15, 0.2) is 0 Å². The summed E-state index contributed by atoms with van der Waals surface area (Å²) in [6.07, 6.45) is 7.57. The van der Waals surface area contributed by atoms with Crippen molar-refractivity contribution in [2.45, 2.75) is 63.5 Å². The average Bonchev–Trinajstić information content (AvgIpc) is 3.92. The molecule has 3 unspecified atom stereocenters. The van der Waals surface area contributed by atoms with Crippen molar-refractivity contribution in [3.63, 3.8) is 0 Å². The maximum Gasteiger partial charge on any atom is 0.350 e. The summed E-state index contributed by atoms with van der Waals surface area (Å²) in [4.78, 5) is 16.8. The zero-order chi connectivity index (χ0) is 33.8. The predicted molar refractivity (Wildman–Crippen MR) is 184 cm³/mol. The fraction of sp³-hybridized carbons (Fsp3) is 0.405. The molecule has 0 radical (unpaired) electrons. The molecule has 0 spiro atoms. The Morgan fingerprint density at radius 2 is 1.65 bits per heavy atom. The number of para-hydroxylation sites is 1. The molecular weight excluding hydrogens is 622 g/mol. The largest absolute Gasteiger partial charge is 0.496 e. The van der Waals surface area contributed by atoms with Crippen LogP contribution in [0.4, 0.5) is 5.69 Å². The first-order chi connectivity index (χ1) is 24.0. The van der Waals surface area contributed by atoms with Gasteiger partial charge in [0, 0.05) is 18.8 Å². The minimum absolute atomic E-state index is 0.0725. The minimum Gasteiger partial charge on any atom is -0.496 e. The van der Waals surface area contributed by atoms with E-state index in [1.165, 1.54) is 11.3 Å². The highest BCUT2D eigenvalue weighted by Crippen LogP contribution is 2.40. The molecule has 2 saturated heterocycles. The van der Waals surface area contributed by atoms with Crippen molar-refractivity contribution in [2.75, 3.05) is 38.3 Å². The van der Waals surface area contributed by atoms with Gasteiger partial charge in [-0.15, -0.1) is 0 Å². The van der Waals surface area contributed by atoms with Gasteiger partial charge in [-0.05, 0) is 86.2 Å². The lowest BCUT2D eigenvalue weighted by Crippen LogP contribution is -2.35. The predicted octanol–water partition coefficient (Wildman–Crippen LogP) is 5.34. The minimum atomic E-state index is -1.10. The van der Waals surface area contributed by atoms with E-state index in [-0.39, 0.29) is 24.4 Å². The number of piperidine rings is 1. The van der Waals surface area contributed by atoms with Crippen molar-refractivity contribution in [1.82, 2.24) is 29.3 Å². The van der Waals surface area contributed by atoms with Crippen molar-refractivity contribution < 1.29 is 18.9 Å². The number of methoxy groups -OCH3 is 1. The van der Waals surface area contributed by atoms with Crippen LogP contribution in [0.5, 0.6) is 11.5 Å². The van der Waals surface area contributed by atoms with Crippen molar-refractivity contribution in [3.8, 4) is 17.2 Å². The van der Waals surface area contributed by atoms with Crippen molar-refractivity contribution in [1.29, 1.82) is 0 Å². The number of hydrogen-bond donors (Lipinski definition) is 0. The van der Waals surface area contributed by atoms with E-state index in [0.29, 0.717) is 24.9 Å². The number of anilines is 1. The molecule has 0 bridgehead atoms. The first-order valence-electron chi connectivity index (χ1n) is 17.0. The molecule has 0 saturated carbocycles. The molecule has 2 aromatic heterocycles. The summed E-state index contributed by atoms with van der Waals surface area (Å²) in [5.41, 5.74) is 4.00. The van der Waals surface area contributed by atoms with E-state index in [1.807, 2.05) is 55.5 Å².